The molecule has 5 rings (SSSR count). The van der Waals surface area contributed by atoms with Crippen LogP contribution in [0.4, 0.5) is 4.39 Å². The largest absolute Gasteiger partial charge is 0.484 e. The van der Waals surface area contributed by atoms with Gasteiger partial charge in [-0.15, -0.1) is 10.2 Å². The fourth-order valence-electron chi connectivity index (χ4n) is 3.70. The molecule has 25 heavy (non-hydrogen) atoms. The van der Waals surface area contributed by atoms with E-state index in [0.717, 1.165) is 25.3 Å². The Labute approximate surface area is 152 Å². The average Bonchev–Trinajstić information content (AvgIpc) is 2.99. The van der Waals surface area contributed by atoms with Gasteiger partial charge in [-0.1, -0.05) is 23.4 Å². The first-order valence-electron chi connectivity index (χ1n) is 7.71. The molecule has 0 spiro atoms. The Bertz CT molecular complexity index is 824. The van der Waals surface area contributed by atoms with Crippen molar-refractivity contribution in [2.24, 2.45) is 0 Å². The smallest absolute Gasteiger partial charge is 0.276 e. The molecule has 0 saturated heterocycles. The first-order chi connectivity index (χ1) is 11.9. The number of hydrogen-bond donors (Lipinski definition) is 1. The second kappa shape index (κ2) is 5.88. The van der Waals surface area contributed by atoms with Gasteiger partial charge in [0, 0.05) is 11.6 Å². The highest BCUT2D eigenvalue weighted by Crippen LogP contribution is 2.67. The van der Waals surface area contributed by atoms with Gasteiger partial charge in [-0.2, -0.15) is 0 Å². The molecule has 3 aliphatic carbocycles. The van der Waals surface area contributed by atoms with Gasteiger partial charge in [0.05, 0.1) is 10.4 Å². The molecule has 2 aromatic rings. The Kier molecular flexibility index (Phi) is 3.92. The van der Waals surface area contributed by atoms with Crippen LogP contribution in [0.15, 0.2) is 27.8 Å². The zero-order valence-electron chi connectivity index (χ0n) is 13.3. The molecule has 1 amide bonds. The molecule has 9 heteroatoms. The molecule has 1 aromatic heterocycles. The summed E-state index contributed by atoms with van der Waals surface area (Å²) in [5.41, 5.74) is -0.298. The van der Waals surface area contributed by atoms with Crippen LogP contribution in [-0.4, -0.2) is 34.5 Å². The highest BCUT2D eigenvalue weighted by molar-refractivity contribution is 7.98. The zero-order valence-corrected chi connectivity index (χ0v) is 14.9. The Morgan fingerprint density at radius 2 is 2.20 bits per heavy atom. The standard InChI is InChI=1S/C16H15ClFN3O3S/c1-25-14-21-20-13(24-14)15-6-16(7-15,8-15)19-12(22)5-23-9-2-3-10(17)11(18)4-9/h2-4H,5-8H2,1H3,(H,19,22). The highest BCUT2D eigenvalue weighted by atomic mass is 35.5. The van der Waals surface area contributed by atoms with E-state index in [1.807, 2.05) is 6.26 Å². The lowest BCUT2D eigenvalue weighted by molar-refractivity contribution is -0.143. The molecule has 3 saturated carbocycles. The monoisotopic (exact) mass is 383 g/mol. The SMILES string of the molecule is CSc1nnc(C23CC(NC(=O)COc4ccc(Cl)c(F)c4)(C2)C3)o1. The van der Waals surface area contributed by atoms with Gasteiger partial charge in [-0.25, -0.2) is 4.39 Å². The molecule has 6 nitrogen and oxygen atoms in total. The summed E-state index contributed by atoms with van der Waals surface area (Å²) in [5.74, 6) is 0.103. The van der Waals surface area contributed by atoms with Crippen molar-refractivity contribution in [3.05, 3.63) is 34.9 Å². The number of hydrogen-bond acceptors (Lipinski definition) is 6. The molecule has 1 aromatic carbocycles. The minimum Gasteiger partial charge on any atom is -0.484 e. The summed E-state index contributed by atoms with van der Waals surface area (Å²) in [4.78, 5) is 12.1. The second-order valence-electron chi connectivity index (χ2n) is 6.58. The van der Waals surface area contributed by atoms with E-state index >= 15 is 0 Å². The van der Waals surface area contributed by atoms with Gasteiger partial charge in [0.15, 0.2) is 6.61 Å². The Balaban J connectivity index is 1.28. The normalized spacial score (nSPS) is 26.5. The molecule has 1 N–H and O–H groups in total. The minimum absolute atomic E-state index is 0.0154. The van der Waals surface area contributed by atoms with Crippen molar-refractivity contribution in [2.45, 2.75) is 35.4 Å². The average molecular weight is 384 g/mol. The third-order valence-electron chi connectivity index (χ3n) is 4.73. The van der Waals surface area contributed by atoms with Crippen LogP contribution in [0.25, 0.3) is 0 Å². The van der Waals surface area contributed by atoms with Gasteiger partial charge in [0.25, 0.3) is 11.1 Å². The van der Waals surface area contributed by atoms with Crippen LogP contribution < -0.4 is 10.1 Å². The van der Waals surface area contributed by atoms with Crippen LogP contribution in [-0.2, 0) is 10.2 Å². The molecule has 1 heterocycles. The number of amides is 1. The third kappa shape index (κ3) is 2.87. The van der Waals surface area contributed by atoms with Gasteiger partial charge in [-0.3, -0.25) is 4.79 Å². The first kappa shape index (κ1) is 16.7. The van der Waals surface area contributed by atoms with Crippen molar-refractivity contribution in [2.75, 3.05) is 12.9 Å². The van der Waals surface area contributed by atoms with Crippen molar-refractivity contribution in [3.8, 4) is 5.75 Å². The summed E-state index contributed by atoms with van der Waals surface area (Å²) in [7, 11) is 0. The maximum Gasteiger partial charge on any atom is 0.276 e. The number of carbonyl (C=O) groups is 1. The predicted octanol–water partition coefficient (Wildman–Crippen LogP) is 2.95. The number of nitrogens with zero attached hydrogens (tertiary/aromatic N) is 2. The van der Waals surface area contributed by atoms with Crippen LogP contribution in [0.2, 0.25) is 5.02 Å². The molecule has 3 aliphatic rings. The predicted molar refractivity (Wildman–Crippen MR) is 89.4 cm³/mol. The molecular formula is C16H15ClFN3O3S. The van der Waals surface area contributed by atoms with Gasteiger partial charge < -0.3 is 14.5 Å². The third-order valence-corrected chi connectivity index (χ3v) is 5.55. The number of nitrogens with one attached hydrogen (secondary N) is 1. The topological polar surface area (TPSA) is 77.2 Å². The Morgan fingerprint density at radius 3 is 2.84 bits per heavy atom. The van der Waals surface area contributed by atoms with Gasteiger partial charge in [-0.05, 0) is 37.7 Å². The molecule has 0 aliphatic heterocycles. The highest BCUT2D eigenvalue weighted by Gasteiger charge is 2.71. The van der Waals surface area contributed by atoms with Gasteiger partial charge >= 0.3 is 0 Å². The lowest BCUT2D eigenvalue weighted by atomic mass is 9.39. The molecular weight excluding hydrogens is 369 g/mol. The van der Waals surface area contributed by atoms with Crippen LogP contribution in [0.3, 0.4) is 0 Å². The van der Waals surface area contributed by atoms with E-state index in [1.54, 1.807) is 0 Å². The number of carbonyl (C=O) groups excluding carboxylic acids is 1. The molecule has 0 unspecified atom stereocenters. The summed E-state index contributed by atoms with van der Waals surface area (Å²) in [6, 6.07) is 4.07. The van der Waals surface area contributed by atoms with Crippen LogP contribution >= 0.6 is 23.4 Å². The Morgan fingerprint density at radius 1 is 1.44 bits per heavy atom. The van der Waals surface area contributed by atoms with Crippen molar-refractivity contribution in [1.82, 2.24) is 15.5 Å². The molecule has 3 fully saturated rings. The lowest BCUT2D eigenvalue weighted by Gasteiger charge is -2.68. The number of aromatic nitrogens is 2. The van der Waals surface area contributed by atoms with E-state index in [0.29, 0.717) is 11.1 Å². The molecule has 0 atom stereocenters. The summed E-state index contributed by atoms with van der Waals surface area (Å²) >= 11 is 7.02. The maximum atomic E-state index is 13.3. The number of halogens is 2. The van der Waals surface area contributed by atoms with Crippen molar-refractivity contribution in [1.29, 1.82) is 0 Å². The molecule has 0 radical (unpaired) electrons. The second-order valence-corrected chi connectivity index (χ2v) is 7.75. The fourth-order valence-corrected chi connectivity index (χ4v) is 4.10. The van der Waals surface area contributed by atoms with Crippen LogP contribution in [0.5, 0.6) is 5.75 Å². The maximum absolute atomic E-state index is 13.3. The number of thioether (sulfide) groups is 1. The van der Waals surface area contributed by atoms with Crippen molar-refractivity contribution >= 4 is 29.3 Å². The number of benzene rings is 1. The quantitative estimate of drug-likeness (QED) is 0.773. The lowest BCUT2D eigenvalue weighted by Crippen LogP contribution is -2.77. The zero-order chi connectivity index (χ0) is 17.7. The van der Waals surface area contributed by atoms with E-state index < -0.39 is 5.82 Å². The van der Waals surface area contributed by atoms with Gasteiger partial charge in [0.1, 0.15) is 11.6 Å². The van der Waals surface area contributed by atoms with Crippen molar-refractivity contribution in [3.63, 3.8) is 0 Å². The van der Waals surface area contributed by atoms with E-state index in [-0.39, 0.29) is 34.2 Å². The summed E-state index contributed by atoms with van der Waals surface area (Å²) in [6.45, 7) is -0.174. The molecule has 132 valence electrons. The van der Waals surface area contributed by atoms with Crippen LogP contribution in [0, 0.1) is 5.82 Å². The van der Waals surface area contributed by atoms with E-state index in [9.17, 15) is 9.18 Å². The summed E-state index contributed by atoms with van der Waals surface area (Å²) in [6.07, 6.45) is 4.25. The van der Waals surface area contributed by atoms with E-state index in [1.165, 1.54) is 23.9 Å². The summed E-state index contributed by atoms with van der Waals surface area (Å²) in [5, 5.41) is 11.6. The van der Waals surface area contributed by atoms with Crippen LogP contribution in [0.1, 0.15) is 25.2 Å². The minimum atomic E-state index is -0.579. The fraction of sp³-hybridized carbons (Fsp3) is 0.438. The van der Waals surface area contributed by atoms with Crippen molar-refractivity contribution < 1.29 is 18.3 Å². The number of rotatable bonds is 6. The Hall–Kier alpha value is -1.80. The van der Waals surface area contributed by atoms with E-state index in [2.05, 4.69) is 15.5 Å². The first-order valence-corrected chi connectivity index (χ1v) is 9.31. The molecule has 2 bridgehead atoms. The van der Waals surface area contributed by atoms with E-state index in [4.69, 9.17) is 20.8 Å². The number of ether oxygens (including phenoxy) is 1. The summed E-state index contributed by atoms with van der Waals surface area (Å²) < 4.78 is 24.3. The van der Waals surface area contributed by atoms with Gasteiger partial charge in [0.2, 0.25) is 5.89 Å².